The van der Waals surface area contributed by atoms with Gasteiger partial charge in [0.2, 0.25) is 0 Å². The highest BCUT2D eigenvalue weighted by atomic mass is 127. The van der Waals surface area contributed by atoms with Gasteiger partial charge in [-0.05, 0) is 54.7 Å². The van der Waals surface area contributed by atoms with Gasteiger partial charge in [0, 0.05) is 6.61 Å². The summed E-state index contributed by atoms with van der Waals surface area (Å²) in [6.45, 7) is 4.82. The first-order chi connectivity index (χ1) is 9.67. The summed E-state index contributed by atoms with van der Waals surface area (Å²) in [7, 11) is 0. The van der Waals surface area contributed by atoms with Gasteiger partial charge in [0.25, 0.3) is 0 Å². The summed E-state index contributed by atoms with van der Waals surface area (Å²) >= 11 is 8.49. The van der Waals surface area contributed by atoms with Gasteiger partial charge in [-0.1, -0.05) is 37.8 Å². The fourth-order valence-electron chi connectivity index (χ4n) is 2.88. The molecule has 1 heterocycles. The second-order valence-electron chi connectivity index (χ2n) is 5.26. The number of rotatable bonds is 5. The standard InChI is InChI=1S/C15H22ClIN2O/c1-3-11-12(17)14(16)19-15(18-11)13(20-4-2)10-8-6-5-7-9-10/h10,13H,3-9H2,1-2H3. The molecule has 1 aromatic rings. The third kappa shape index (κ3) is 3.83. The molecule has 0 aliphatic heterocycles. The van der Waals surface area contributed by atoms with Crippen LogP contribution >= 0.6 is 34.2 Å². The number of aromatic nitrogens is 2. The number of hydrogen-bond donors (Lipinski definition) is 0. The lowest BCUT2D eigenvalue weighted by molar-refractivity contribution is -0.000338. The van der Waals surface area contributed by atoms with Crippen LogP contribution in [0.15, 0.2) is 0 Å². The van der Waals surface area contributed by atoms with E-state index in [1.807, 2.05) is 6.92 Å². The minimum absolute atomic E-state index is 0.0000926. The number of halogens is 2. The third-order valence-corrected chi connectivity index (χ3v) is 5.64. The first kappa shape index (κ1) is 16.4. The lowest BCUT2D eigenvalue weighted by atomic mass is 9.85. The zero-order valence-corrected chi connectivity index (χ0v) is 15.1. The first-order valence-electron chi connectivity index (χ1n) is 7.50. The van der Waals surface area contributed by atoms with E-state index in [4.69, 9.17) is 21.3 Å². The van der Waals surface area contributed by atoms with Crippen LogP contribution in [0.5, 0.6) is 0 Å². The second-order valence-corrected chi connectivity index (χ2v) is 6.70. The smallest absolute Gasteiger partial charge is 0.159 e. The van der Waals surface area contributed by atoms with Crippen LogP contribution in [-0.2, 0) is 11.2 Å². The fraction of sp³-hybridized carbons (Fsp3) is 0.733. The molecule has 1 unspecified atom stereocenters. The largest absolute Gasteiger partial charge is 0.370 e. The second kappa shape index (κ2) is 7.90. The Balaban J connectivity index is 2.30. The Morgan fingerprint density at radius 1 is 1.25 bits per heavy atom. The molecule has 2 rings (SSSR count). The first-order valence-corrected chi connectivity index (χ1v) is 8.96. The quantitative estimate of drug-likeness (QED) is 0.510. The van der Waals surface area contributed by atoms with Gasteiger partial charge in [-0.2, -0.15) is 0 Å². The Morgan fingerprint density at radius 3 is 2.55 bits per heavy atom. The molecule has 0 bridgehead atoms. The molecule has 0 N–H and O–H groups in total. The zero-order chi connectivity index (χ0) is 14.5. The van der Waals surface area contributed by atoms with Crippen molar-refractivity contribution < 1.29 is 4.74 Å². The maximum atomic E-state index is 6.27. The van der Waals surface area contributed by atoms with Crippen molar-refractivity contribution in [2.75, 3.05) is 6.61 Å². The fourth-order valence-corrected chi connectivity index (χ4v) is 3.70. The monoisotopic (exact) mass is 408 g/mol. The molecule has 3 nitrogen and oxygen atoms in total. The number of ether oxygens (including phenoxy) is 1. The van der Waals surface area contributed by atoms with E-state index in [1.165, 1.54) is 32.1 Å². The van der Waals surface area contributed by atoms with Crippen LogP contribution in [0.3, 0.4) is 0 Å². The molecule has 112 valence electrons. The van der Waals surface area contributed by atoms with Crippen LogP contribution in [0.1, 0.15) is 63.6 Å². The molecule has 1 aliphatic rings. The molecule has 0 spiro atoms. The Kier molecular flexibility index (Phi) is 6.49. The van der Waals surface area contributed by atoms with Gasteiger partial charge in [0.1, 0.15) is 11.3 Å². The Bertz CT molecular complexity index is 450. The molecular formula is C15H22ClIN2O. The van der Waals surface area contributed by atoms with Gasteiger partial charge in [0.15, 0.2) is 5.82 Å². The SMILES string of the molecule is CCOC(c1nc(Cl)c(I)c(CC)n1)C1CCCCC1. The van der Waals surface area contributed by atoms with Crippen LogP contribution in [-0.4, -0.2) is 16.6 Å². The Labute approximate surface area is 140 Å². The Hall–Kier alpha value is 0.0600. The van der Waals surface area contributed by atoms with Gasteiger partial charge in [-0.15, -0.1) is 0 Å². The maximum absolute atomic E-state index is 6.27. The van der Waals surface area contributed by atoms with E-state index < -0.39 is 0 Å². The molecular weight excluding hydrogens is 387 g/mol. The summed E-state index contributed by atoms with van der Waals surface area (Å²) in [4.78, 5) is 9.21. The number of nitrogens with zero attached hydrogens (tertiary/aromatic N) is 2. The van der Waals surface area contributed by atoms with E-state index in [9.17, 15) is 0 Å². The zero-order valence-electron chi connectivity index (χ0n) is 12.2. The number of aryl methyl sites for hydroxylation is 1. The predicted molar refractivity (Wildman–Crippen MR) is 90.1 cm³/mol. The summed E-state index contributed by atoms with van der Waals surface area (Å²) in [5, 5.41) is 0.563. The van der Waals surface area contributed by atoms with E-state index in [-0.39, 0.29) is 6.10 Å². The third-order valence-electron chi connectivity index (χ3n) is 3.91. The highest BCUT2D eigenvalue weighted by Crippen LogP contribution is 2.36. The maximum Gasteiger partial charge on any atom is 0.159 e. The van der Waals surface area contributed by atoms with Crippen LogP contribution < -0.4 is 0 Å². The predicted octanol–water partition coefficient (Wildman–Crippen LogP) is 4.95. The average molecular weight is 409 g/mol. The van der Waals surface area contributed by atoms with Crippen molar-refractivity contribution in [1.29, 1.82) is 0 Å². The summed E-state index contributed by atoms with van der Waals surface area (Å²) in [6.07, 6.45) is 7.19. The van der Waals surface area contributed by atoms with E-state index in [1.54, 1.807) is 0 Å². The van der Waals surface area contributed by atoms with Crippen LogP contribution in [0.4, 0.5) is 0 Å². The lowest BCUT2D eigenvalue weighted by Gasteiger charge is -2.29. The molecule has 0 radical (unpaired) electrons. The average Bonchev–Trinajstić information content (AvgIpc) is 2.48. The molecule has 1 aromatic heterocycles. The molecule has 20 heavy (non-hydrogen) atoms. The topological polar surface area (TPSA) is 35.0 Å². The van der Waals surface area contributed by atoms with Gasteiger partial charge in [-0.25, -0.2) is 9.97 Å². The van der Waals surface area contributed by atoms with Gasteiger partial charge in [0.05, 0.1) is 9.26 Å². The van der Waals surface area contributed by atoms with Crippen molar-refractivity contribution >= 4 is 34.2 Å². The number of hydrogen-bond acceptors (Lipinski definition) is 3. The molecule has 1 atom stereocenters. The molecule has 0 amide bonds. The van der Waals surface area contributed by atoms with E-state index in [0.29, 0.717) is 17.7 Å². The van der Waals surface area contributed by atoms with E-state index in [2.05, 4.69) is 34.5 Å². The highest BCUT2D eigenvalue weighted by molar-refractivity contribution is 14.1. The summed E-state index contributed by atoms with van der Waals surface area (Å²) in [5.74, 6) is 1.31. The van der Waals surface area contributed by atoms with Crippen molar-refractivity contribution in [3.05, 3.63) is 20.2 Å². The minimum Gasteiger partial charge on any atom is -0.370 e. The van der Waals surface area contributed by atoms with Crippen molar-refractivity contribution in [2.45, 2.75) is 58.5 Å². The van der Waals surface area contributed by atoms with Crippen LogP contribution in [0.2, 0.25) is 5.15 Å². The molecule has 1 fully saturated rings. The van der Waals surface area contributed by atoms with E-state index >= 15 is 0 Å². The summed E-state index contributed by atoms with van der Waals surface area (Å²) < 4.78 is 6.94. The van der Waals surface area contributed by atoms with Crippen LogP contribution in [0, 0.1) is 9.49 Å². The highest BCUT2D eigenvalue weighted by Gasteiger charge is 2.28. The van der Waals surface area contributed by atoms with Crippen molar-refractivity contribution in [2.24, 2.45) is 5.92 Å². The summed E-state index contributed by atoms with van der Waals surface area (Å²) in [5.41, 5.74) is 1.03. The molecule has 1 saturated carbocycles. The minimum atomic E-state index is 0.0000926. The van der Waals surface area contributed by atoms with E-state index in [0.717, 1.165) is 21.5 Å². The van der Waals surface area contributed by atoms with Crippen molar-refractivity contribution in [3.63, 3.8) is 0 Å². The summed E-state index contributed by atoms with van der Waals surface area (Å²) in [6, 6.07) is 0. The lowest BCUT2D eigenvalue weighted by Crippen LogP contribution is -2.22. The molecule has 5 heteroatoms. The molecule has 0 aromatic carbocycles. The molecule has 0 saturated heterocycles. The van der Waals surface area contributed by atoms with Crippen molar-refractivity contribution in [1.82, 2.24) is 9.97 Å². The normalized spacial score (nSPS) is 18.2. The van der Waals surface area contributed by atoms with Gasteiger partial charge in [-0.3, -0.25) is 0 Å². The van der Waals surface area contributed by atoms with Gasteiger partial charge < -0.3 is 4.74 Å². The molecule has 1 aliphatic carbocycles. The Morgan fingerprint density at radius 2 is 1.95 bits per heavy atom. The van der Waals surface area contributed by atoms with Crippen LogP contribution in [0.25, 0.3) is 0 Å². The van der Waals surface area contributed by atoms with Crippen molar-refractivity contribution in [3.8, 4) is 0 Å². The van der Waals surface area contributed by atoms with Gasteiger partial charge >= 0.3 is 0 Å².